The lowest BCUT2D eigenvalue weighted by atomic mass is 10.1. The van der Waals surface area contributed by atoms with Crippen LogP contribution in [0.3, 0.4) is 0 Å². The van der Waals surface area contributed by atoms with Crippen molar-refractivity contribution in [3.63, 3.8) is 0 Å². The summed E-state index contributed by atoms with van der Waals surface area (Å²) >= 11 is 12.3. The van der Waals surface area contributed by atoms with E-state index in [1.165, 1.54) is 6.07 Å². The summed E-state index contributed by atoms with van der Waals surface area (Å²) in [5.41, 5.74) is 0. The van der Waals surface area contributed by atoms with Gasteiger partial charge in [0.05, 0.1) is 4.34 Å². The van der Waals surface area contributed by atoms with Crippen LogP contribution >= 0.6 is 34.5 Å². The highest BCUT2D eigenvalue weighted by molar-refractivity contribution is 7.89. The summed E-state index contributed by atoms with van der Waals surface area (Å²) < 4.78 is 26.3. The minimum atomic E-state index is -4.00. The molecule has 0 aliphatic carbocycles. The van der Waals surface area contributed by atoms with Crippen LogP contribution in [-0.2, 0) is 14.8 Å². The smallest absolute Gasteiger partial charge is 0.322 e. The van der Waals surface area contributed by atoms with Crippen LogP contribution in [0.25, 0.3) is 0 Å². The third-order valence-corrected chi connectivity index (χ3v) is 5.32. The summed E-state index contributed by atoms with van der Waals surface area (Å²) in [7, 11) is -4.00. The van der Waals surface area contributed by atoms with Crippen molar-refractivity contribution in [3.8, 4) is 0 Å². The molecular weight excluding hydrogens is 321 g/mol. The van der Waals surface area contributed by atoms with Crippen molar-refractivity contribution in [1.29, 1.82) is 0 Å². The van der Waals surface area contributed by atoms with Crippen molar-refractivity contribution in [2.45, 2.75) is 24.8 Å². The molecule has 1 unspecified atom stereocenters. The van der Waals surface area contributed by atoms with Gasteiger partial charge in [-0.05, 0) is 12.0 Å². The van der Waals surface area contributed by atoms with Crippen molar-refractivity contribution in [3.05, 3.63) is 14.7 Å². The molecule has 9 heteroatoms. The Morgan fingerprint density at radius 1 is 1.44 bits per heavy atom. The highest BCUT2D eigenvalue weighted by atomic mass is 35.5. The molecule has 0 aromatic carbocycles. The first-order valence-corrected chi connectivity index (χ1v) is 7.90. The molecule has 0 aliphatic heterocycles. The maximum Gasteiger partial charge on any atom is 0.322 e. The largest absolute Gasteiger partial charge is 0.480 e. The van der Waals surface area contributed by atoms with Crippen LogP contribution in [0.4, 0.5) is 0 Å². The molecular formula is C9H11Cl2NO4S2. The molecule has 0 spiro atoms. The predicted octanol–water partition coefficient (Wildman–Crippen LogP) is 2.44. The Morgan fingerprint density at radius 3 is 2.33 bits per heavy atom. The van der Waals surface area contributed by atoms with Crippen LogP contribution in [0.5, 0.6) is 0 Å². The second kappa shape index (κ2) is 5.75. The molecule has 0 bridgehead atoms. The first-order valence-electron chi connectivity index (χ1n) is 4.85. The average Bonchev–Trinajstić information content (AvgIpc) is 2.54. The molecule has 1 aromatic heterocycles. The number of halogens is 2. The lowest BCUT2D eigenvalue weighted by molar-refractivity contribution is -0.140. The van der Waals surface area contributed by atoms with Gasteiger partial charge in [-0.25, -0.2) is 8.42 Å². The van der Waals surface area contributed by atoms with E-state index in [-0.39, 0.29) is 13.6 Å². The minimum Gasteiger partial charge on any atom is -0.480 e. The fourth-order valence-electron chi connectivity index (χ4n) is 1.21. The number of carbonyl (C=O) groups is 1. The molecule has 18 heavy (non-hydrogen) atoms. The number of nitrogens with one attached hydrogen (secondary N) is 1. The van der Waals surface area contributed by atoms with E-state index in [9.17, 15) is 13.2 Å². The molecule has 1 aromatic rings. The number of carboxylic acids is 1. The van der Waals surface area contributed by atoms with Gasteiger partial charge in [0.25, 0.3) is 0 Å². The normalized spacial score (nSPS) is 13.8. The maximum absolute atomic E-state index is 12.0. The van der Waals surface area contributed by atoms with Gasteiger partial charge in [0.2, 0.25) is 10.0 Å². The second-order valence-electron chi connectivity index (χ2n) is 3.87. The predicted molar refractivity (Wildman–Crippen MR) is 70.9 cm³/mol. The van der Waals surface area contributed by atoms with Crippen LogP contribution in [0, 0.1) is 5.92 Å². The van der Waals surface area contributed by atoms with E-state index in [2.05, 4.69) is 4.72 Å². The molecule has 0 fully saturated rings. The monoisotopic (exact) mass is 331 g/mol. The van der Waals surface area contributed by atoms with E-state index in [0.717, 1.165) is 11.3 Å². The zero-order chi connectivity index (χ0) is 14.1. The standard InChI is InChI=1S/C9H11Cl2NO4S2/c1-4(2)7(9(13)14)12-18(15,16)5-3-6(10)17-8(5)11/h3-4,7,12H,1-2H3,(H,13,14). The van der Waals surface area contributed by atoms with Gasteiger partial charge < -0.3 is 5.11 Å². The zero-order valence-corrected chi connectivity index (χ0v) is 12.6. The highest BCUT2D eigenvalue weighted by Gasteiger charge is 2.30. The quantitative estimate of drug-likeness (QED) is 0.867. The van der Waals surface area contributed by atoms with E-state index in [4.69, 9.17) is 28.3 Å². The SMILES string of the molecule is CC(C)C(NS(=O)(=O)c1cc(Cl)sc1Cl)C(=O)O. The molecule has 102 valence electrons. The summed E-state index contributed by atoms with van der Waals surface area (Å²) in [5, 5.41) is 8.95. The molecule has 0 saturated carbocycles. The van der Waals surface area contributed by atoms with Gasteiger partial charge in [-0.3, -0.25) is 4.79 Å². The van der Waals surface area contributed by atoms with Crippen molar-refractivity contribution in [2.24, 2.45) is 5.92 Å². The number of carboxylic acid groups (broad SMARTS) is 1. The third kappa shape index (κ3) is 3.58. The lowest BCUT2D eigenvalue weighted by Crippen LogP contribution is -2.44. The summed E-state index contributed by atoms with van der Waals surface area (Å²) in [6.07, 6.45) is 0. The summed E-state index contributed by atoms with van der Waals surface area (Å²) in [5.74, 6) is -1.64. The van der Waals surface area contributed by atoms with E-state index in [1.54, 1.807) is 13.8 Å². The average molecular weight is 332 g/mol. The molecule has 0 radical (unpaired) electrons. The van der Waals surface area contributed by atoms with Crippen molar-refractivity contribution in [1.82, 2.24) is 4.72 Å². The Hall–Kier alpha value is -0.340. The Kier molecular flexibility index (Phi) is 5.02. The van der Waals surface area contributed by atoms with Crippen molar-refractivity contribution >= 4 is 50.5 Å². The Morgan fingerprint density at radius 2 is 2.00 bits per heavy atom. The fourth-order valence-corrected chi connectivity index (χ4v) is 4.70. The molecule has 0 saturated heterocycles. The molecule has 0 amide bonds. The van der Waals surface area contributed by atoms with Crippen LogP contribution in [0.15, 0.2) is 11.0 Å². The van der Waals surface area contributed by atoms with Crippen LogP contribution < -0.4 is 4.72 Å². The van der Waals surface area contributed by atoms with Gasteiger partial charge in [-0.1, -0.05) is 37.0 Å². The van der Waals surface area contributed by atoms with Crippen LogP contribution in [0.2, 0.25) is 8.67 Å². The zero-order valence-electron chi connectivity index (χ0n) is 9.48. The molecule has 5 nitrogen and oxygen atoms in total. The van der Waals surface area contributed by atoms with Crippen molar-refractivity contribution < 1.29 is 18.3 Å². The van der Waals surface area contributed by atoms with E-state index < -0.39 is 28.0 Å². The third-order valence-electron chi connectivity index (χ3n) is 2.13. The van der Waals surface area contributed by atoms with Gasteiger partial charge in [0.1, 0.15) is 15.3 Å². The number of rotatable bonds is 5. The van der Waals surface area contributed by atoms with Gasteiger partial charge in [0.15, 0.2) is 0 Å². The molecule has 0 aliphatic rings. The maximum atomic E-state index is 12.0. The van der Waals surface area contributed by atoms with E-state index in [0.29, 0.717) is 0 Å². The first-order chi connectivity index (χ1) is 8.15. The molecule has 2 N–H and O–H groups in total. The Bertz CT molecular complexity index is 553. The Balaban J connectivity index is 3.08. The number of hydrogen-bond acceptors (Lipinski definition) is 4. The summed E-state index contributed by atoms with van der Waals surface area (Å²) in [6, 6.07) is -0.0272. The summed E-state index contributed by atoms with van der Waals surface area (Å²) in [6.45, 7) is 3.20. The highest BCUT2D eigenvalue weighted by Crippen LogP contribution is 2.34. The van der Waals surface area contributed by atoms with Gasteiger partial charge in [0, 0.05) is 0 Å². The van der Waals surface area contributed by atoms with Crippen LogP contribution in [-0.4, -0.2) is 25.5 Å². The minimum absolute atomic E-state index is 0.000366. The molecule has 1 heterocycles. The summed E-state index contributed by atoms with van der Waals surface area (Å²) in [4.78, 5) is 10.8. The van der Waals surface area contributed by atoms with Gasteiger partial charge >= 0.3 is 5.97 Å². The van der Waals surface area contributed by atoms with E-state index >= 15 is 0 Å². The van der Waals surface area contributed by atoms with Gasteiger partial charge in [-0.2, -0.15) is 4.72 Å². The second-order valence-corrected chi connectivity index (χ2v) is 7.84. The number of thiophene rings is 1. The topological polar surface area (TPSA) is 83.5 Å². The number of aliphatic carboxylic acids is 1. The van der Waals surface area contributed by atoms with E-state index in [1.807, 2.05) is 0 Å². The number of sulfonamides is 1. The number of hydrogen-bond donors (Lipinski definition) is 2. The lowest BCUT2D eigenvalue weighted by Gasteiger charge is -2.17. The van der Waals surface area contributed by atoms with Gasteiger partial charge in [-0.15, -0.1) is 11.3 Å². The van der Waals surface area contributed by atoms with Crippen molar-refractivity contribution in [2.75, 3.05) is 0 Å². The fraction of sp³-hybridized carbons (Fsp3) is 0.444. The van der Waals surface area contributed by atoms with Crippen LogP contribution in [0.1, 0.15) is 13.8 Å². The molecule has 1 rings (SSSR count). The Labute approximate surface area is 119 Å². The molecule has 1 atom stereocenters. The first kappa shape index (κ1) is 15.7.